The van der Waals surface area contributed by atoms with E-state index in [-0.39, 0.29) is 0 Å². The molecule has 0 spiro atoms. The maximum atomic E-state index is 6.30. The van der Waals surface area contributed by atoms with Crippen molar-refractivity contribution in [2.75, 3.05) is 5.32 Å². The van der Waals surface area contributed by atoms with Crippen molar-refractivity contribution in [3.63, 3.8) is 0 Å². The Morgan fingerprint density at radius 3 is 2.83 bits per heavy atom. The first-order chi connectivity index (χ1) is 11.1. The number of benzene rings is 1. The average Bonchev–Trinajstić information content (AvgIpc) is 3.00. The Balaban J connectivity index is 1.96. The lowest BCUT2D eigenvalue weighted by Gasteiger charge is -2.13. The summed E-state index contributed by atoms with van der Waals surface area (Å²) in [6.45, 7) is 1.99. The lowest BCUT2D eigenvalue weighted by Crippen LogP contribution is -2.01. The molecule has 0 aliphatic carbocycles. The van der Waals surface area contributed by atoms with Crippen molar-refractivity contribution in [3.05, 3.63) is 58.7 Å². The number of hydrogen-bond donors (Lipinski definition) is 1. The molecule has 0 atom stereocenters. The lowest BCUT2D eigenvalue weighted by molar-refractivity contribution is 1.17. The van der Waals surface area contributed by atoms with Gasteiger partial charge in [-0.05, 0) is 18.6 Å². The molecule has 0 fully saturated rings. The van der Waals surface area contributed by atoms with Crippen molar-refractivity contribution in [2.45, 2.75) is 6.92 Å². The van der Waals surface area contributed by atoms with Gasteiger partial charge in [0.1, 0.15) is 10.7 Å². The van der Waals surface area contributed by atoms with Crippen LogP contribution in [0, 0.1) is 6.92 Å². The minimum atomic E-state index is 0.393. The van der Waals surface area contributed by atoms with Crippen LogP contribution in [0.2, 0.25) is 10.2 Å². The third-order valence-corrected chi connectivity index (χ3v) is 4.19. The molecule has 4 aromatic rings. The zero-order valence-corrected chi connectivity index (χ0v) is 13.6. The van der Waals surface area contributed by atoms with Crippen LogP contribution in [0.1, 0.15) is 5.56 Å². The van der Waals surface area contributed by atoms with Gasteiger partial charge in [0.05, 0.1) is 40.5 Å². The summed E-state index contributed by atoms with van der Waals surface area (Å²) in [4.78, 5) is 13.0. The van der Waals surface area contributed by atoms with Crippen LogP contribution in [0.4, 0.5) is 11.5 Å². The molecule has 0 unspecified atom stereocenters. The van der Waals surface area contributed by atoms with Crippen LogP contribution in [-0.4, -0.2) is 19.4 Å². The van der Waals surface area contributed by atoms with E-state index in [9.17, 15) is 0 Å². The molecule has 3 heterocycles. The molecule has 0 radical (unpaired) electrons. The topological polar surface area (TPSA) is 55.1 Å². The fourth-order valence-corrected chi connectivity index (χ4v) is 2.95. The van der Waals surface area contributed by atoms with E-state index in [1.807, 2.05) is 29.5 Å². The molecule has 1 aromatic carbocycles. The second kappa shape index (κ2) is 5.37. The molecule has 5 nitrogen and oxygen atoms in total. The van der Waals surface area contributed by atoms with E-state index in [0.29, 0.717) is 16.0 Å². The SMILES string of the molecule is Cc1cccc(Cl)c1Nc1nc2cc(Cl)ncc2n2cncc12. The van der Waals surface area contributed by atoms with Gasteiger partial charge in [0, 0.05) is 6.07 Å². The number of para-hydroxylation sites is 1. The largest absolute Gasteiger partial charge is 0.337 e. The minimum Gasteiger partial charge on any atom is -0.337 e. The highest BCUT2D eigenvalue weighted by Gasteiger charge is 2.12. The van der Waals surface area contributed by atoms with Gasteiger partial charge in [-0.15, -0.1) is 0 Å². The van der Waals surface area contributed by atoms with E-state index in [2.05, 4.69) is 20.3 Å². The average molecular weight is 344 g/mol. The molecule has 0 aliphatic rings. The Bertz CT molecular complexity index is 1020. The van der Waals surface area contributed by atoms with Gasteiger partial charge in [-0.2, -0.15) is 0 Å². The number of fused-ring (bicyclic) bond motifs is 3. The van der Waals surface area contributed by atoms with Gasteiger partial charge < -0.3 is 5.32 Å². The maximum Gasteiger partial charge on any atom is 0.157 e. The smallest absolute Gasteiger partial charge is 0.157 e. The zero-order chi connectivity index (χ0) is 16.0. The van der Waals surface area contributed by atoms with E-state index < -0.39 is 0 Å². The van der Waals surface area contributed by atoms with E-state index in [1.165, 1.54) is 0 Å². The van der Waals surface area contributed by atoms with E-state index in [1.54, 1.807) is 24.8 Å². The highest BCUT2D eigenvalue weighted by atomic mass is 35.5. The number of hydrogen-bond acceptors (Lipinski definition) is 4. The number of aromatic nitrogens is 4. The Kier molecular flexibility index (Phi) is 3.32. The Labute approximate surface area is 141 Å². The second-order valence-corrected chi connectivity index (χ2v) is 5.96. The van der Waals surface area contributed by atoms with Crippen molar-refractivity contribution in [2.24, 2.45) is 0 Å². The maximum absolute atomic E-state index is 6.30. The number of imidazole rings is 1. The number of halogens is 2. The number of rotatable bonds is 2. The summed E-state index contributed by atoms with van der Waals surface area (Å²) in [6.07, 6.45) is 5.15. The third kappa shape index (κ3) is 2.38. The number of nitrogens with zero attached hydrogens (tertiary/aromatic N) is 4. The molecule has 4 rings (SSSR count). The summed E-state index contributed by atoms with van der Waals surface area (Å²) < 4.78 is 1.92. The van der Waals surface area contributed by atoms with Crippen molar-refractivity contribution < 1.29 is 0 Å². The number of anilines is 2. The molecule has 114 valence electrons. The molecule has 23 heavy (non-hydrogen) atoms. The van der Waals surface area contributed by atoms with Gasteiger partial charge in [-0.3, -0.25) is 4.40 Å². The zero-order valence-electron chi connectivity index (χ0n) is 12.1. The van der Waals surface area contributed by atoms with Crippen molar-refractivity contribution in [1.29, 1.82) is 0 Å². The normalized spacial score (nSPS) is 11.3. The van der Waals surface area contributed by atoms with Gasteiger partial charge >= 0.3 is 0 Å². The summed E-state index contributed by atoms with van der Waals surface area (Å²) in [5.41, 5.74) is 4.25. The summed E-state index contributed by atoms with van der Waals surface area (Å²) in [5, 5.41) is 4.34. The van der Waals surface area contributed by atoms with Gasteiger partial charge in [0.15, 0.2) is 5.82 Å². The predicted molar refractivity (Wildman–Crippen MR) is 92.8 cm³/mol. The van der Waals surface area contributed by atoms with E-state index in [4.69, 9.17) is 23.2 Å². The van der Waals surface area contributed by atoms with Crippen LogP contribution in [0.5, 0.6) is 0 Å². The first-order valence-electron chi connectivity index (χ1n) is 6.93. The fourth-order valence-electron chi connectivity index (χ4n) is 2.53. The Morgan fingerprint density at radius 1 is 1.13 bits per heavy atom. The molecular weight excluding hydrogens is 333 g/mol. The van der Waals surface area contributed by atoms with Crippen LogP contribution in [0.25, 0.3) is 16.6 Å². The van der Waals surface area contributed by atoms with E-state index >= 15 is 0 Å². The van der Waals surface area contributed by atoms with Gasteiger partial charge in [-0.25, -0.2) is 15.0 Å². The van der Waals surface area contributed by atoms with Gasteiger partial charge in [-0.1, -0.05) is 35.3 Å². The lowest BCUT2D eigenvalue weighted by atomic mass is 10.2. The third-order valence-electron chi connectivity index (χ3n) is 3.67. The highest BCUT2D eigenvalue weighted by Crippen LogP contribution is 2.31. The molecule has 0 saturated heterocycles. The molecule has 0 amide bonds. The van der Waals surface area contributed by atoms with Crippen LogP contribution >= 0.6 is 23.2 Å². The quantitative estimate of drug-likeness (QED) is 0.539. The first-order valence-corrected chi connectivity index (χ1v) is 7.68. The fraction of sp³-hybridized carbons (Fsp3) is 0.0625. The molecule has 0 saturated carbocycles. The van der Waals surface area contributed by atoms with Gasteiger partial charge in [0.25, 0.3) is 0 Å². The van der Waals surface area contributed by atoms with E-state index in [0.717, 1.165) is 27.8 Å². The number of nitrogens with one attached hydrogen (secondary N) is 1. The van der Waals surface area contributed by atoms with Crippen LogP contribution in [-0.2, 0) is 0 Å². The predicted octanol–water partition coefficient (Wildman–Crippen LogP) is 4.64. The summed E-state index contributed by atoms with van der Waals surface area (Å²) in [7, 11) is 0. The summed E-state index contributed by atoms with van der Waals surface area (Å²) in [5.74, 6) is 0.661. The minimum absolute atomic E-state index is 0.393. The molecule has 0 aliphatic heterocycles. The second-order valence-electron chi connectivity index (χ2n) is 5.16. The van der Waals surface area contributed by atoms with Crippen LogP contribution in [0.15, 0.2) is 43.0 Å². The number of pyridine rings is 1. The molecule has 1 N–H and O–H groups in total. The van der Waals surface area contributed by atoms with Crippen molar-refractivity contribution >= 4 is 51.3 Å². The molecule has 3 aromatic heterocycles. The van der Waals surface area contributed by atoms with Crippen molar-refractivity contribution in [3.8, 4) is 0 Å². The summed E-state index contributed by atoms with van der Waals surface area (Å²) in [6, 6.07) is 7.47. The molecular formula is C16H11Cl2N5. The first kappa shape index (κ1) is 14.2. The van der Waals surface area contributed by atoms with Crippen LogP contribution < -0.4 is 5.32 Å². The highest BCUT2D eigenvalue weighted by molar-refractivity contribution is 6.33. The monoisotopic (exact) mass is 343 g/mol. The van der Waals surface area contributed by atoms with Crippen LogP contribution in [0.3, 0.4) is 0 Å². The van der Waals surface area contributed by atoms with Crippen molar-refractivity contribution in [1.82, 2.24) is 19.4 Å². The number of aryl methyl sites for hydroxylation is 1. The summed E-state index contributed by atoms with van der Waals surface area (Å²) >= 11 is 12.3. The Hall–Kier alpha value is -2.37. The Morgan fingerprint density at radius 2 is 2.00 bits per heavy atom. The molecule has 0 bridgehead atoms. The van der Waals surface area contributed by atoms with Gasteiger partial charge in [0.2, 0.25) is 0 Å². The standard InChI is InChI=1S/C16H11Cl2N5/c1-9-3-2-4-10(17)15(9)22-16-13-6-19-8-23(13)12-7-20-14(18)5-11(12)21-16/h2-8H,1H3,(H,21,22). The molecule has 7 heteroatoms.